The number of piperazine rings is 1. The van der Waals surface area contributed by atoms with E-state index in [1.165, 1.54) is 12.1 Å². The van der Waals surface area contributed by atoms with Crippen LogP contribution < -0.4 is 0 Å². The lowest BCUT2D eigenvalue weighted by Crippen LogP contribution is -2.43. The molecule has 7 heteroatoms. The van der Waals surface area contributed by atoms with Crippen molar-refractivity contribution >= 4 is 5.69 Å². The van der Waals surface area contributed by atoms with E-state index < -0.39 is 4.92 Å². The summed E-state index contributed by atoms with van der Waals surface area (Å²) in [7, 11) is 2.12. The van der Waals surface area contributed by atoms with Crippen molar-refractivity contribution in [3.8, 4) is 11.5 Å². The number of hydrogen-bond acceptors (Lipinski definition) is 6. The zero-order valence-corrected chi connectivity index (χ0v) is 12.4. The van der Waals surface area contributed by atoms with Gasteiger partial charge in [-0.3, -0.25) is 15.0 Å². The zero-order chi connectivity index (χ0) is 15.5. The standard InChI is InChI=1S/C15H18N4O3/c1-17-6-8-18(9-7-17)11-14-10-16-15(22-14)12-2-4-13(5-3-12)19(20)21/h2-5,10H,6-9,11H2,1H3. The van der Waals surface area contributed by atoms with Crippen molar-refractivity contribution < 1.29 is 9.34 Å². The molecule has 0 radical (unpaired) electrons. The Morgan fingerprint density at radius 3 is 2.55 bits per heavy atom. The molecule has 0 N–H and O–H groups in total. The van der Waals surface area contributed by atoms with Crippen molar-refractivity contribution in [1.82, 2.24) is 14.8 Å². The van der Waals surface area contributed by atoms with Crippen LogP contribution in [0.15, 0.2) is 34.9 Å². The minimum absolute atomic E-state index is 0.0629. The molecule has 1 saturated heterocycles. The number of rotatable bonds is 4. The second-order valence-electron chi connectivity index (χ2n) is 5.52. The number of likely N-dealkylation sites (N-methyl/N-ethyl adjacent to an activating group) is 1. The molecule has 3 rings (SSSR count). The maximum absolute atomic E-state index is 10.7. The Morgan fingerprint density at radius 2 is 1.91 bits per heavy atom. The Morgan fingerprint density at radius 1 is 1.23 bits per heavy atom. The van der Waals surface area contributed by atoms with Crippen LogP contribution in [0.3, 0.4) is 0 Å². The van der Waals surface area contributed by atoms with Gasteiger partial charge in [0.2, 0.25) is 5.89 Å². The first-order valence-electron chi connectivity index (χ1n) is 7.22. The van der Waals surface area contributed by atoms with Crippen molar-refractivity contribution in [3.05, 3.63) is 46.3 Å². The first-order valence-corrected chi connectivity index (χ1v) is 7.22. The summed E-state index contributed by atoms with van der Waals surface area (Å²) in [4.78, 5) is 19.1. The Bertz CT molecular complexity index is 645. The van der Waals surface area contributed by atoms with Crippen LogP contribution >= 0.6 is 0 Å². The first-order chi connectivity index (χ1) is 10.6. The summed E-state index contributed by atoms with van der Waals surface area (Å²) >= 11 is 0. The summed E-state index contributed by atoms with van der Waals surface area (Å²) in [5.41, 5.74) is 0.809. The normalized spacial score (nSPS) is 16.8. The van der Waals surface area contributed by atoms with Crippen LogP contribution in [-0.2, 0) is 6.54 Å². The molecule has 0 saturated carbocycles. The van der Waals surface area contributed by atoms with Gasteiger partial charge < -0.3 is 9.32 Å². The number of benzene rings is 1. The van der Waals surface area contributed by atoms with Crippen LogP contribution in [0.25, 0.3) is 11.5 Å². The van der Waals surface area contributed by atoms with Gasteiger partial charge in [-0.1, -0.05) is 0 Å². The largest absolute Gasteiger partial charge is 0.440 e. The number of nitro groups is 1. The van der Waals surface area contributed by atoms with E-state index in [9.17, 15) is 10.1 Å². The molecule has 7 nitrogen and oxygen atoms in total. The van der Waals surface area contributed by atoms with Crippen molar-refractivity contribution in [2.75, 3.05) is 33.2 Å². The Balaban J connectivity index is 1.66. The molecule has 0 aliphatic carbocycles. The Labute approximate surface area is 128 Å². The fraction of sp³-hybridized carbons (Fsp3) is 0.400. The van der Waals surface area contributed by atoms with E-state index in [1.54, 1.807) is 18.3 Å². The highest BCUT2D eigenvalue weighted by Crippen LogP contribution is 2.22. The van der Waals surface area contributed by atoms with E-state index in [1.807, 2.05) is 0 Å². The van der Waals surface area contributed by atoms with Crippen LogP contribution in [0.5, 0.6) is 0 Å². The molecule has 0 amide bonds. The zero-order valence-electron chi connectivity index (χ0n) is 12.4. The van der Waals surface area contributed by atoms with Gasteiger partial charge in [-0.05, 0) is 19.2 Å². The number of oxazole rings is 1. The summed E-state index contributed by atoms with van der Waals surface area (Å²) in [6, 6.07) is 6.23. The van der Waals surface area contributed by atoms with Gasteiger partial charge in [0.1, 0.15) is 5.76 Å². The fourth-order valence-electron chi connectivity index (χ4n) is 2.47. The lowest BCUT2D eigenvalue weighted by molar-refractivity contribution is -0.384. The molecular weight excluding hydrogens is 284 g/mol. The van der Waals surface area contributed by atoms with Gasteiger partial charge in [0.15, 0.2) is 0 Å². The SMILES string of the molecule is CN1CCN(Cc2cnc(-c3ccc([N+](=O)[O-])cc3)o2)CC1. The molecular formula is C15H18N4O3. The highest BCUT2D eigenvalue weighted by atomic mass is 16.6. The smallest absolute Gasteiger partial charge is 0.269 e. The lowest BCUT2D eigenvalue weighted by atomic mass is 10.2. The molecule has 1 aliphatic heterocycles. The molecule has 22 heavy (non-hydrogen) atoms. The summed E-state index contributed by atoms with van der Waals surface area (Å²) in [6.45, 7) is 4.90. The summed E-state index contributed by atoms with van der Waals surface area (Å²) in [5, 5.41) is 10.7. The predicted octanol–water partition coefficient (Wildman–Crippen LogP) is 2.00. The molecule has 0 atom stereocenters. The second kappa shape index (κ2) is 6.25. The van der Waals surface area contributed by atoms with Crippen LogP contribution in [0.2, 0.25) is 0 Å². The number of nitro benzene ring substituents is 1. The molecule has 1 fully saturated rings. The number of hydrogen-bond donors (Lipinski definition) is 0. The third-order valence-corrected chi connectivity index (χ3v) is 3.85. The third kappa shape index (κ3) is 3.32. The maximum Gasteiger partial charge on any atom is 0.269 e. The average molecular weight is 302 g/mol. The molecule has 116 valence electrons. The average Bonchev–Trinajstić information content (AvgIpc) is 2.98. The van der Waals surface area contributed by atoms with Gasteiger partial charge in [-0.2, -0.15) is 0 Å². The van der Waals surface area contributed by atoms with E-state index in [2.05, 4.69) is 21.8 Å². The molecule has 2 aromatic rings. The highest BCUT2D eigenvalue weighted by molar-refractivity contribution is 5.55. The van der Waals surface area contributed by atoms with Crippen LogP contribution in [0, 0.1) is 10.1 Å². The molecule has 1 aromatic carbocycles. The van der Waals surface area contributed by atoms with E-state index in [4.69, 9.17) is 4.42 Å². The van der Waals surface area contributed by atoms with Gasteiger partial charge >= 0.3 is 0 Å². The Kier molecular flexibility index (Phi) is 4.17. The topological polar surface area (TPSA) is 75.7 Å². The third-order valence-electron chi connectivity index (χ3n) is 3.85. The van der Waals surface area contributed by atoms with E-state index in [-0.39, 0.29) is 5.69 Å². The Hall–Kier alpha value is -2.25. The minimum Gasteiger partial charge on any atom is -0.440 e. The van der Waals surface area contributed by atoms with Gasteiger partial charge in [-0.25, -0.2) is 4.98 Å². The summed E-state index contributed by atoms with van der Waals surface area (Å²) < 4.78 is 5.76. The van der Waals surface area contributed by atoms with Gasteiger partial charge in [-0.15, -0.1) is 0 Å². The van der Waals surface area contributed by atoms with Crippen LogP contribution in [0.1, 0.15) is 5.76 Å². The van der Waals surface area contributed by atoms with Crippen molar-refractivity contribution in [3.63, 3.8) is 0 Å². The van der Waals surface area contributed by atoms with Crippen LogP contribution in [0.4, 0.5) is 5.69 Å². The maximum atomic E-state index is 10.7. The molecule has 0 unspecified atom stereocenters. The molecule has 1 aliphatic rings. The highest BCUT2D eigenvalue weighted by Gasteiger charge is 2.16. The molecule has 0 bridgehead atoms. The first kappa shape index (κ1) is 14.7. The quantitative estimate of drug-likeness (QED) is 0.635. The van der Waals surface area contributed by atoms with Crippen molar-refractivity contribution in [2.24, 2.45) is 0 Å². The van der Waals surface area contributed by atoms with E-state index in [0.717, 1.165) is 44.0 Å². The molecule has 1 aromatic heterocycles. The van der Waals surface area contributed by atoms with Crippen LogP contribution in [-0.4, -0.2) is 52.9 Å². The number of nitrogens with zero attached hydrogens (tertiary/aromatic N) is 4. The fourth-order valence-corrected chi connectivity index (χ4v) is 2.47. The monoisotopic (exact) mass is 302 g/mol. The van der Waals surface area contributed by atoms with Gasteiger partial charge in [0.25, 0.3) is 5.69 Å². The van der Waals surface area contributed by atoms with Gasteiger partial charge in [0.05, 0.1) is 17.7 Å². The minimum atomic E-state index is -0.419. The number of aromatic nitrogens is 1. The molecule has 0 spiro atoms. The predicted molar refractivity (Wildman–Crippen MR) is 81.4 cm³/mol. The number of non-ortho nitro benzene ring substituents is 1. The van der Waals surface area contributed by atoms with E-state index in [0.29, 0.717) is 5.89 Å². The summed E-state index contributed by atoms with van der Waals surface area (Å²) in [6.07, 6.45) is 1.73. The lowest BCUT2D eigenvalue weighted by Gasteiger charge is -2.31. The summed E-state index contributed by atoms with van der Waals surface area (Å²) in [5.74, 6) is 1.32. The molecule has 2 heterocycles. The van der Waals surface area contributed by atoms with Crippen molar-refractivity contribution in [2.45, 2.75) is 6.54 Å². The van der Waals surface area contributed by atoms with E-state index >= 15 is 0 Å². The van der Waals surface area contributed by atoms with Gasteiger partial charge in [0, 0.05) is 43.9 Å². The second-order valence-corrected chi connectivity index (χ2v) is 5.52. The van der Waals surface area contributed by atoms with Crippen molar-refractivity contribution in [1.29, 1.82) is 0 Å².